The van der Waals surface area contributed by atoms with E-state index < -0.39 is 11.4 Å². The van der Waals surface area contributed by atoms with Crippen LogP contribution in [0.2, 0.25) is 0 Å². The van der Waals surface area contributed by atoms with Gasteiger partial charge in [0.25, 0.3) is 0 Å². The van der Waals surface area contributed by atoms with Gasteiger partial charge in [-0.15, -0.1) is 0 Å². The Morgan fingerprint density at radius 1 is 1.64 bits per heavy atom. The Bertz CT molecular complexity index is 152. The lowest BCUT2D eigenvalue weighted by Gasteiger charge is -2.20. The summed E-state index contributed by atoms with van der Waals surface area (Å²) in [7, 11) is 0. The number of rotatable bonds is 3. The number of nitrogens with one attached hydrogen (secondary N) is 1. The van der Waals surface area contributed by atoms with Crippen molar-refractivity contribution in [1.29, 1.82) is 0 Å². The first kappa shape index (κ1) is 8.49. The van der Waals surface area contributed by atoms with E-state index in [1.807, 2.05) is 0 Å². The summed E-state index contributed by atoms with van der Waals surface area (Å²) in [4.78, 5) is 10.8. The molecular weight excluding hydrogens is 146 g/mol. The second kappa shape index (κ2) is 3.19. The summed E-state index contributed by atoms with van der Waals surface area (Å²) < 4.78 is 0. The van der Waals surface area contributed by atoms with Gasteiger partial charge in [-0.3, -0.25) is 4.79 Å². The summed E-state index contributed by atoms with van der Waals surface area (Å²) in [5.41, 5.74) is -0.700. The highest BCUT2D eigenvalue weighted by atomic mass is 16.4. The van der Waals surface area contributed by atoms with E-state index in [1.54, 1.807) is 0 Å². The van der Waals surface area contributed by atoms with Gasteiger partial charge in [0, 0.05) is 13.2 Å². The summed E-state index contributed by atoms with van der Waals surface area (Å²) in [6.07, 6.45) is 0.984. The molecule has 0 aromatic heterocycles. The fraction of sp³-hybridized carbons (Fsp3) is 0.857. The fourth-order valence-electron chi connectivity index (χ4n) is 1.46. The Morgan fingerprint density at radius 2 is 2.36 bits per heavy atom. The predicted molar refractivity (Wildman–Crippen MR) is 39.3 cm³/mol. The summed E-state index contributed by atoms with van der Waals surface area (Å²) in [6, 6.07) is 0. The van der Waals surface area contributed by atoms with E-state index in [0.29, 0.717) is 19.4 Å². The number of hydrogen-bond donors (Lipinski definition) is 3. The van der Waals surface area contributed by atoms with E-state index in [-0.39, 0.29) is 6.61 Å². The third-order valence-corrected chi connectivity index (χ3v) is 2.29. The van der Waals surface area contributed by atoms with Crippen LogP contribution in [0.15, 0.2) is 0 Å². The van der Waals surface area contributed by atoms with Gasteiger partial charge in [-0.2, -0.15) is 0 Å². The zero-order valence-corrected chi connectivity index (χ0v) is 6.34. The average molecular weight is 159 g/mol. The molecule has 1 aliphatic rings. The molecule has 4 nitrogen and oxygen atoms in total. The third-order valence-electron chi connectivity index (χ3n) is 2.29. The van der Waals surface area contributed by atoms with Crippen molar-refractivity contribution in [2.24, 2.45) is 5.41 Å². The van der Waals surface area contributed by atoms with Gasteiger partial charge < -0.3 is 15.5 Å². The SMILES string of the molecule is O=C(O)[C@]1(CCO)CCNC1. The Morgan fingerprint density at radius 3 is 2.73 bits per heavy atom. The molecule has 0 aliphatic carbocycles. The lowest BCUT2D eigenvalue weighted by atomic mass is 9.84. The number of aliphatic hydroxyl groups excluding tert-OH is 1. The molecule has 0 spiro atoms. The molecule has 0 aromatic rings. The van der Waals surface area contributed by atoms with E-state index in [9.17, 15) is 4.79 Å². The smallest absolute Gasteiger partial charge is 0.311 e. The molecule has 0 radical (unpaired) electrons. The topological polar surface area (TPSA) is 69.6 Å². The molecule has 1 heterocycles. The summed E-state index contributed by atoms with van der Waals surface area (Å²) in [6.45, 7) is 1.18. The first-order valence-electron chi connectivity index (χ1n) is 3.76. The fourth-order valence-corrected chi connectivity index (χ4v) is 1.46. The van der Waals surface area contributed by atoms with Crippen LogP contribution in [0.3, 0.4) is 0 Å². The van der Waals surface area contributed by atoms with Crippen LogP contribution in [-0.2, 0) is 4.79 Å². The number of carboxylic acid groups (broad SMARTS) is 1. The maximum absolute atomic E-state index is 10.8. The molecule has 1 fully saturated rings. The number of carbonyl (C=O) groups is 1. The van der Waals surface area contributed by atoms with Crippen molar-refractivity contribution in [3.8, 4) is 0 Å². The Kier molecular flexibility index (Phi) is 2.46. The molecule has 1 atom stereocenters. The molecule has 1 saturated heterocycles. The highest BCUT2D eigenvalue weighted by Gasteiger charge is 2.40. The second-order valence-corrected chi connectivity index (χ2v) is 2.99. The Balaban J connectivity index is 2.62. The van der Waals surface area contributed by atoms with Crippen LogP contribution in [0.4, 0.5) is 0 Å². The molecule has 11 heavy (non-hydrogen) atoms. The second-order valence-electron chi connectivity index (χ2n) is 2.99. The Hall–Kier alpha value is -0.610. The van der Waals surface area contributed by atoms with Crippen LogP contribution in [0, 0.1) is 5.41 Å². The highest BCUT2D eigenvalue weighted by Crippen LogP contribution is 2.29. The highest BCUT2D eigenvalue weighted by molar-refractivity contribution is 5.75. The van der Waals surface area contributed by atoms with Crippen molar-refractivity contribution in [3.63, 3.8) is 0 Å². The van der Waals surface area contributed by atoms with Crippen LogP contribution in [-0.4, -0.2) is 35.9 Å². The zero-order valence-electron chi connectivity index (χ0n) is 6.34. The first-order chi connectivity index (χ1) is 5.21. The number of aliphatic carboxylic acids is 1. The number of hydrogen-bond acceptors (Lipinski definition) is 3. The van der Waals surface area contributed by atoms with E-state index >= 15 is 0 Å². The van der Waals surface area contributed by atoms with Crippen molar-refractivity contribution in [2.45, 2.75) is 12.8 Å². The van der Waals surface area contributed by atoms with Gasteiger partial charge >= 0.3 is 5.97 Å². The summed E-state index contributed by atoms with van der Waals surface area (Å²) in [5.74, 6) is -0.795. The molecular formula is C7H13NO3. The normalized spacial score (nSPS) is 30.6. The molecule has 3 N–H and O–H groups in total. The minimum Gasteiger partial charge on any atom is -0.481 e. The van der Waals surface area contributed by atoms with Crippen molar-refractivity contribution >= 4 is 5.97 Å². The average Bonchev–Trinajstić information content (AvgIpc) is 2.38. The molecule has 64 valence electrons. The van der Waals surface area contributed by atoms with E-state index in [1.165, 1.54) is 0 Å². The minimum absolute atomic E-state index is 0.0476. The van der Waals surface area contributed by atoms with E-state index in [2.05, 4.69) is 5.32 Å². The van der Waals surface area contributed by atoms with Crippen molar-refractivity contribution < 1.29 is 15.0 Å². The van der Waals surface area contributed by atoms with Gasteiger partial charge in [-0.05, 0) is 19.4 Å². The molecule has 1 rings (SSSR count). The summed E-state index contributed by atoms with van der Waals surface area (Å²) in [5, 5.41) is 20.5. The lowest BCUT2D eigenvalue weighted by Crippen LogP contribution is -2.34. The maximum atomic E-state index is 10.8. The van der Waals surface area contributed by atoms with Gasteiger partial charge in [-0.1, -0.05) is 0 Å². The standard InChI is InChI=1S/C7H13NO3/c9-4-2-7(6(10)11)1-3-8-5-7/h8-9H,1-5H2,(H,10,11)/t7-/m0/s1. The Labute approximate surface area is 65.2 Å². The minimum atomic E-state index is -0.795. The molecule has 1 aliphatic heterocycles. The van der Waals surface area contributed by atoms with Crippen LogP contribution in [0.5, 0.6) is 0 Å². The molecule has 0 unspecified atom stereocenters. The van der Waals surface area contributed by atoms with Crippen molar-refractivity contribution in [2.75, 3.05) is 19.7 Å². The molecule has 0 saturated carbocycles. The van der Waals surface area contributed by atoms with Crippen LogP contribution in [0.1, 0.15) is 12.8 Å². The lowest BCUT2D eigenvalue weighted by molar-refractivity contribution is -0.148. The molecule has 4 heteroatoms. The van der Waals surface area contributed by atoms with Gasteiger partial charge in [0.15, 0.2) is 0 Å². The predicted octanol–water partition coefficient (Wildman–Crippen LogP) is -0.567. The molecule has 0 bridgehead atoms. The van der Waals surface area contributed by atoms with Crippen molar-refractivity contribution in [1.82, 2.24) is 5.32 Å². The quantitative estimate of drug-likeness (QED) is 0.516. The number of aliphatic hydroxyl groups is 1. The largest absolute Gasteiger partial charge is 0.481 e. The van der Waals surface area contributed by atoms with Gasteiger partial charge in [-0.25, -0.2) is 0 Å². The van der Waals surface area contributed by atoms with Crippen LogP contribution >= 0.6 is 0 Å². The monoisotopic (exact) mass is 159 g/mol. The first-order valence-corrected chi connectivity index (χ1v) is 3.76. The third kappa shape index (κ3) is 1.52. The molecule has 0 aromatic carbocycles. The number of carboxylic acids is 1. The van der Waals surface area contributed by atoms with Gasteiger partial charge in [0.1, 0.15) is 0 Å². The zero-order chi connectivity index (χ0) is 8.32. The van der Waals surface area contributed by atoms with Gasteiger partial charge in [0.2, 0.25) is 0 Å². The maximum Gasteiger partial charge on any atom is 0.311 e. The van der Waals surface area contributed by atoms with E-state index in [4.69, 9.17) is 10.2 Å². The van der Waals surface area contributed by atoms with Gasteiger partial charge in [0.05, 0.1) is 5.41 Å². The van der Waals surface area contributed by atoms with E-state index in [0.717, 1.165) is 6.54 Å². The van der Waals surface area contributed by atoms with Crippen LogP contribution < -0.4 is 5.32 Å². The summed E-state index contributed by atoms with van der Waals surface area (Å²) >= 11 is 0. The molecule has 0 amide bonds. The van der Waals surface area contributed by atoms with Crippen LogP contribution in [0.25, 0.3) is 0 Å². The van der Waals surface area contributed by atoms with Crippen molar-refractivity contribution in [3.05, 3.63) is 0 Å².